The predicted molar refractivity (Wildman–Crippen MR) is 154 cm³/mol. The molecule has 3 atom stereocenters. The van der Waals surface area contributed by atoms with Crippen LogP contribution in [0.25, 0.3) is 11.0 Å². The Hall–Kier alpha value is -4.23. The minimum Gasteiger partial charge on any atom is -0.497 e. The fourth-order valence-corrected chi connectivity index (χ4v) is 5.39. The maximum Gasteiger partial charge on any atom is 0.336 e. The lowest BCUT2D eigenvalue weighted by Crippen LogP contribution is -2.60. The Morgan fingerprint density at radius 1 is 1.10 bits per heavy atom. The maximum atomic E-state index is 14.3. The van der Waals surface area contributed by atoms with Gasteiger partial charge in [0.25, 0.3) is 5.91 Å². The molecule has 0 spiro atoms. The van der Waals surface area contributed by atoms with E-state index in [1.807, 2.05) is 0 Å². The van der Waals surface area contributed by atoms with Gasteiger partial charge in [0, 0.05) is 23.8 Å². The molecule has 0 bridgehead atoms. The van der Waals surface area contributed by atoms with Crippen LogP contribution in [0.5, 0.6) is 5.75 Å². The van der Waals surface area contributed by atoms with E-state index in [0.29, 0.717) is 22.4 Å². The number of benzene rings is 2. The van der Waals surface area contributed by atoms with Crippen molar-refractivity contribution in [2.24, 2.45) is 0 Å². The van der Waals surface area contributed by atoms with Gasteiger partial charge in [-0.05, 0) is 50.7 Å². The number of anilines is 2. The first-order valence-corrected chi connectivity index (χ1v) is 14.9. The van der Waals surface area contributed by atoms with E-state index in [-0.39, 0.29) is 17.8 Å². The number of fused-ring (bicyclic) bond motifs is 2. The van der Waals surface area contributed by atoms with Crippen LogP contribution < -0.4 is 30.8 Å². The zero-order chi connectivity index (χ0) is 30.1. The number of hydrogen-bond acceptors (Lipinski definition) is 9. The van der Waals surface area contributed by atoms with Gasteiger partial charge in [0.15, 0.2) is 9.84 Å². The number of nitrogens with one attached hydrogen (secondary N) is 2. The van der Waals surface area contributed by atoms with Crippen LogP contribution in [-0.4, -0.2) is 70.4 Å². The molecule has 0 aliphatic carbocycles. The highest BCUT2D eigenvalue weighted by Gasteiger charge is 2.42. The summed E-state index contributed by atoms with van der Waals surface area (Å²) in [7, 11) is -0.647. The molecule has 13 heteroatoms. The topological polar surface area (TPSA) is 155 Å². The Labute approximate surface area is 237 Å². The first-order chi connectivity index (χ1) is 19.3. The number of likely N-dealkylation sites (N-methyl/N-ethyl adjacent to an activating group) is 1. The molecule has 3 aromatic rings. The molecule has 41 heavy (non-hydrogen) atoms. The van der Waals surface area contributed by atoms with Crippen LogP contribution >= 0.6 is 0 Å². The van der Waals surface area contributed by atoms with Gasteiger partial charge in [0.1, 0.15) is 23.1 Å². The Morgan fingerprint density at radius 2 is 1.78 bits per heavy atom. The monoisotopic (exact) mass is 584 g/mol. The average molecular weight is 585 g/mol. The van der Waals surface area contributed by atoms with Gasteiger partial charge in [-0.1, -0.05) is 12.1 Å². The molecular formula is C28H32N4O8S. The molecule has 1 aromatic heterocycles. The second kappa shape index (κ2) is 11.7. The van der Waals surface area contributed by atoms with Gasteiger partial charge in [-0.15, -0.1) is 0 Å². The van der Waals surface area contributed by atoms with Crippen LogP contribution in [0.4, 0.5) is 11.4 Å². The van der Waals surface area contributed by atoms with Crippen molar-refractivity contribution in [1.29, 1.82) is 0 Å². The van der Waals surface area contributed by atoms with Gasteiger partial charge in [0.2, 0.25) is 11.8 Å². The molecule has 0 saturated heterocycles. The summed E-state index contributed by atoms with van der Waals surface area (Å²) in [5.41, 5.74) is 0.670. The highest BCUT2D eigenvalue weighted by Crippen LogP contribution is 2.37. The first kappa shape index (κ1) is 29.7. The average Bonchev–Trinajstić information content (AvgIpc) is 2.99. The number of methoxy groups -OCH3 is 1. The minimum atomic E-state index is -3.72. The molecule has 3 unspecified atom stereocenters. The van der Waals surface area contributed by atoms with Crippen LogP contribution in [0.3, 0.4) is 0 Å². The summed E-state index contributed by atoms with van der Waals surface area (Å²) >= 11 is 0. The summed E-state index contributed by atoms with van der Waals surface area (Å²) in [5, 5.41) is 6.11. The number of amides is 3. The van der Waals surface area contributed by atoms with Crippen molar-refractivity contribution in [1.82, 2.24) is 10.6 Å². The summed E-state index contributed by atoms with van der Waals surface area (Å²) < 4.78 is 34.8. The highest BCUT2D eigenvalue weighted by atomic mass is 32.2. The predicted octanol–water partition coefficient (Wildman–Crippen LogP) is 1.21. The molecule has 1 aliphatic heterocycles. The standard InChI is InChI=1S/C28H32N4O8S/c1-16(29-3)27(35)30-26-17(2)32(24(33)15-41(5,37)38)22-9-7-6-8-21(22)31(28(26)36)14-18-12-25(34)40-23-13-19(39-4)10-11-20(18)23/h6-13,16-17,26,29H,14-15H2,1-5H3,(H,30,35). The van der Waals surface area contributed by atoms with Crippen LogP contribution in [-0.2, 0) is 30.8 Å². The van der Waals surface area contributed by atoms with E-state index in [9.17, 15) is 27.6 Å². The van der Waals surface area contributed by atoms with Gasteiger partial charge < -0.3 is 29.6 Å². The summed E-state index contributed by atoms with van der Waals surface area (Å²) in [5.74, 6) is -2.10. The Kier molecular flexibility index (Phi) is 8.50. The van der Waals surface area contributed by atoms with Crippen molar-refractivity contribution in [3.8, 4) is 5.75 Å². The molecular weight excluding hydrogens is 552 g/mol. The molecule has 4 rings (SSSR count). The van der Waals surface area contributed by atoms with Crippen molar-refractivity contribution in [2.75, 3.05) is 36.0 Å². The molecule has 1 aliphatic rings. The summed E-state index contributed by atoms with van der Waals surface area (Å²) in [6, 6.07) is 9.94. The van der Waals surface area contributed by atoms with E-state index in [1.54, 1.807) is 63.4 Å². The van der Waals surface area contributed by atoms with Crippen molar-refractivity contribution in [2.45, 2.75) is 38.5 Å². The van der Waals surface area contributed by atoms with Crippen LogP contribution in [0.15, 0.2) is 57.7 Å². The molecule has 218 valence electrons. The molecule has 0 fully saturated rings. The summed E-state index contributed by atoms with van der Waals surface area (Å²) in [4.78, 5) is 55.8. The van der Waals surface area contributed by atoms with E-state index in [1.165, 1.54) is 23.0 Å². The maximum absolute atomic E-state index is 14.3. The number of nitrogens with zero attached hydrogens (tertiary/aromatic N) is 2. The zero-order valence-electron chi connectivity index (χ0n) is 23.3. The molecule has 2 N–H and O–H groups in total. The second-order valence-electron chi connectivity index (χ2n) is 9.94. The smallest absolute Gasteiger partial charge is 0.336 e. The third kappa shape index (κ3) is 6.25. The molecule has 2 aromatic carbocycles. The summed E-state index contributed by atoms with van der Waals surface area (Å²) in [6.45, 7) is 3.08. The number of carbonyl (C=O) groups is 3. The SMILES string of the molecule is CNC(C)C(=O)NC1C(=O)N(Cc2cc(=O)oc3cc(OC)ccc23)c2ccccc2N(C(=O)CS(C)(=O)=O)C1C. The molecule has 0 radical (unpaired) electrons. The number of sulfone groups is 1. The van der Waals surface area contributed by atoms with Gasteiger partial charge in [-0.25, -0.2) is 13.2 Å². The largest absolute Gasteiger partial charge is 0.497 e. The lowest BCUT2D eigenvalue weighted by Gasteiger charge is -2.32. The van der Waals surface area contributed by atoms with Crippen LogP contribution in [0.1, 0.15) is 19.4 Å². The Bertz CT molecular complexity index is 1670. The fraction of sp³-hybridized carbons (Fsp3) is 0.357. The Balaban J connectivity index is 1.90. The second-order valence-corrected chi connectivity index (χ2v) is 12.1. The van der Waals surface area contributed by atoms with Crippen molar-refractivity contribution < 1.29 is 32.0 Å². The summed E-state index contributed by atoms with van der Waals surface area (Å²) in [6.07, 6.45) is 0.950. The molecule has 12 nitrogen and oxygen atoms in total. The van der Waals surface area contributed by atoms with E-state index in [4.69, 9.17) is 9.15 Å². The quantitative estimate of drug-likeness (QED) is 0.372. The number of ether oxygens (including phenoxy) is 1. The normalized spacial score (nSPS) is 18.0. The van der Waals surface area contributed by atoms with E-state index in [2.05, 4.69) is 10.6 Å². The van der Waals surface area contributed by atoms with Gasteiger partial charge in [0.05, 0.1) is 37.1 Å². The lowest BCUT2D eigenvalue weighted by molar-refractivity contribution is -0.129. The lowest BCUT2D eigenvalue weighted by atomic mass is 10.1. The number of para-hydroxylation sites is 2. The minimum absolute atomic E-state index is 0.112. The van der Waals surface area contributed by atoms with Crippen molar-refractivity contribution >= 4 is 49.9 Å². The number of carbonyl (C=O) groups excluding carboxylic acids is 3. The van der Waals surface area contributed by atoms with Gasteiger partial charge in [-0.3, -0.25) is 14.4 Å². The fourth-order valence-electron chi connectivity index (χ4n) is 4.81. The third-order valence-electron chi connectivity index (χ3n) is 7.00. The molecule has 3 amide bonds. The molecule has 2 heterocycles. The van der Waals surface area contributed by atoms with E-state index in [0.717, 1.165) is 6.26 Å². The molecule has 0 saturated carbocycles. The van der Waals surface area contributed by atoms with E-state index < -0.39 is 57.1 Å². The van der Waals surface area contributed by atoms with Gasteiger partial charge in [-0.2, -0.15) is 0 Å². The van der Waals surface area contributed by atoms with Crippen molar-refractivity contribution in [3.05, 3.63) is 64.5 Å². The highest BCUT2D eigenvalue weighted by molar-refractivity contribution is 7.91. The van der Waals surface area contributed by atoms with Gasteiger partial charge >= 0.3 is 5.63 Å². The Morgan fingerprint density at radius 3 is 2.41 bits per heavy atom. The third-order valence-corrected chi connectivity index (χ3v) is 7.77. The first-order valence-electron chi connectivity index (χ1n) is 12.8. The van der Waals surface area contributed by atoms with Crippen LogP contribution in [0, 0.1) is 0 Å². The zero-order valence-corrected chi connectivity index (χ0v) is 24.2. The number of rotatable bonds is 8. The van der Waals surface area contributed by atoms with E-state index >= 15 is 0 Å². The van der Waals surface area contributed by atoms with Crippen molar-refractivity contribution in [3.63, 3.8) is 0 Å². The number of hydrogen-bond donors (Lipinski definition) is 2. The van der Waals surface area contributed by atoms with Crippen LogP contribution in [0.2, 0.25) is 0 Å².